The van der Waals surface area contributed by atoms with Crippen LogP contribution < -0.4 is 14.2 Å². The molecule has 0 bridgehead atoms. The Balaban J connectivity index is 1.79. The molecule has 0 saturated heterocycles. The van der Waals surface area contributed by atoms with Gasteiger partial charge in [0.1, 0.15) is 17.2 Å². The minimum Gasteiger partial charge on any atom is -0.497 e. The third kappa shape index (κ3) is 2.45. The molecule has 2 aromatic carbocycles. The topological polar surface area (TPSA) is 49.7 Å². The number of ketones is 1. The van der Waals surface area contributed by atoms with Crippen LogP contribution in [0.1, 0.15) is 15.9 Å². The first-order chi connectivity index (χ1) is 12.1. The van der Waals surface area contributed by atoms with Crippen LogP contribution in [0.25, 0.3) is 17.0 Å². The van der Waals surface area contributed by atoms with Crippen molar-refractivity contribution in [1.82, 2.24) is 4.57 Å². The number of Topliss-reactive ketones (excluding diaryl/α,β-unsaturated/α-hetero) is 1. The number of carbonyl (C=O) groups excluding carboxylic acids is 1. The van der Waals surface area contributed by atoms with Crippen molar-refractivity contribution in [3.05, 3.63) is 59.5 Å². The van der Waals surface area contributed by atoms with E-state index in [4.69, 9.17) is 14.2 Å². The molecule has 5 nitrogen and oxygen atoms in total. The number of aryl methyl sites for hydroxylation is 1. The van der Waals surface area contributed by atoms with Crippen molar-refractivity contribution in [2.24, 2.45) is 7.05 Å². The molecule has 0 spiro atoms. The first-order valence-corrected chi connectivity index (χ1v) is 7.86. The molecule has 0 saturated carbocycles. The highest BCUT2D eigenvalue weighted by molar-refractivity contribution is 6.15. The normalized spacial score (nSPS) is 14.7. The first kappa shape index (κ1) is 15.3. The van der Waals surface area contributed by atoms with E-state index in [-0.39, 0.29) is 5.78 Å². The summed E-state index contributed by atoms with van der Waals surface area (Å²) in [6.07, 6.45) is 3.74. The summed E-state index contributed by atoms with van der Waals surface area (Å²) < 4.78 is 18.3. The van der Waals surface area contributed by atoms with E-state index in [1.165, 1.54) is 0 Å². The van der Waals surface area contributed by atoms with Gasteiger partial charge in [-0.3, -0.25) is 4.79 Å². The molecule has 0 unspecified atom stereocenters. The Morgan fingerprint density at radius 2 is 1.76 bits per heavy atom. The van der Waals surface area contributed by atoms with Crippen molar-refractivity contribution in [2.75, 3.05) is 14.2 Å². The Kier molecular flexibility index (Phi) is 3.50. The average molecular weight is 335 g/mol. The van der Waals surface area contributed by atoms with Crippen LogP contribution >= 0.6 is 0 Å². The molecule has 0 radical (unpaired) electrons. The summed E-state index contributed by atoms with van der Waals surface area (Å²) in [6.45, 7) is 0. The van der Waals surface area contributed by atoms with E-state index in [1.54, 1.807) is 38.5 Å². The molecule has 0 aliphatic carbocycles. The van der Waals surface area contributed by atoms with Crippen LogP contribution in [-0.2, 0) is 7.05 Å². The smallest absolute Gasteiger partial charge is 0.231 e. The number of fused-ring (bicyclic) bond motifs is 2. The lowest BCUT2D eigenvalue weighted by atomic mass is 10.1. The number of carbonyl (C=O) groups is 1. The number of hydrogen-bond donors (Lipinski definition) is 0. The van der Waals surface area contributed by atoms with Gasteiger partial charge in [0, 0.05) is 35.8 Å². The summed E-state index contributed by atoms with van der Waals surface area (Å²) in [5, 5.41) is 0.999. The number of ether oxygens (including phenoxy) is 3. The second-order valence-corrected chi connectivity index (χ2v) is 5.88. The quantitative estimate of drug-likeness (QED) is 0.683. The standard InChI is InChI=1S/C20H17NO4/c1-21-11-12(16-9-13(23-2)5-7-17(16)21)8-19-20(22)15-6-4-14(24-3)10-18(15)25-19/h4-11H,1-3H3/b19-8-. The van der Waals surface area contributed by atoms with Gasteiger partial charge in [0.05, 0.1) is 19.8 Å². The minimum absolute atomic E-state index is 0.127. The number of allylic oxidation sites excluding steroid dienone is 1. The number of hydrogen-bond acceptors (Lipinski definition) is 4. The molecule has 1 aliphatic heterocycles. The molecule has 0 fully saturated rings. The molecule has 4 rings (SSSR count). The van der Waals surface area contributed by atoms with Crippen molar-refractivity contribution in [1.29, 1.82) is 0 Å². The lowest BCUT2D eigenvalue weighted by Crippen LogP contribution is -1.97. The van der Waals surface area contributed by atoms with E-state index < -0.39 is 0 Å². The van der Waals surface area contributed by atoms with Crippen LogP contribution in [0.4, 0.5) is 0 Å². The van der Waals surface area contributed by atoms with Crippen LogP contribution in [0.2, 0.25) is 0 Å². The first-order valence-electron chi connectivity index (χ1n) is 7.86. The predicted molar refractivity (Wildman–Crippen MR) is 95.4 cm³/mol. The summed E-state index contributed by atoms with van der Waals surface area (Å²) in [4.78, 5) is 12.6. The average Bonchev–Trinajstić information content (AvgIpc) is 3.11. The molecule has 0 N–H and O–H groups in total. The lowest BCUT2D eigenvalue weighted by molar-refractivity contribution is 0.101. The maximum atomic E-state index is 12.6. The Morgan fingerprint density at radius 3 is 2.52 bits per heavy atom. The molecule has 0 atom stereocenters. The van der Waals surface area contributed by atoms with Gasteiger partial charge in [-0.15, -0.1) is 0 Å². The Hall–Kier alpha value is -3.21. The minimum atomic E-state index is -0.127. The zero-order valence-electron chi connectivity index (χ0n) is 14.2. The maximum absolute atomic E-state index is 12.6. The van der Waals surface area contributed by atoms with Gasteiger partial charge in [-0.25, -0.2) is 0 Å². The molecule has 5 heteroatoms. The van der Waals surface area contributed by atoms with Crippen LogP contribution in [0.15, 0.2) is 48.4 Å². The molecule has 1 aromatic heterocycles. The summed E-state index contributed by atoms with van der Waals surface area (Å²) >= 11 is 0. The van der Waals surface area contributed by atoms with Crippen LogP contribution in [0, 0.1) is 0 Å². The van der Waals surface area contributed by atoms with Crippen molar-refractivity contribution in [2.45, 2.75) is 0 Å². The van der Waals surface area contributed by atoms with Gasteiger partial charge in [0.2, 0.25) is 5.78 Å². The SMILES string of the molecule is COc1ccc2c(c1)O/C(=C\c1cn(C)c3ccc(OC)cc13)C2=O. The van der Waals surface area contributed by atoms with Crippen LogP contribution in [-0.4, -0.2) is 24.6 Å². The van der Waals surface area contributed by atoms with Crippen LogP contribution in [0.3, 0.4) is 0 Å². The van der Waals surface area contributed by atoms with Crippen LogP contribution in [0.5, 0.6) is 17.2 Å². The summed E-state index contributed by atoms with van der Waals surface area (Å²) in [7, 11) is 5.18. The van der Waals surface area contributed by atoms with Gasteiger partial charge in [-0.1, -0.05) is 0 Å². The summed E-state index contributed by atoms with van der Waals surface area (Å²) in [5.41, 5.74) is 2.50. The molecule has 25 heavy (non-hydrogen) atoms. The molecule has 126 valence electrons. The molecule has 2 heterocycles. The molecule has 0 amide bonds. The molecule has 1 aliphatic rings. The van der Waals surface area contributed by atoms with Crippen molar-refractivity contribution in [3.63, 3.8) is 0 Å². The van der Waals surface area contributed by atoms with Crippen molar-refractivity contribution < 1.29 is 19.0 Å². The second kappa shape index (κ2) is 5.70. The fourth-order valence-electron chi connectivity index (χ4n) is 3.08. The molecular weight excluding hydrogens is 318 g/mol. The van der Waals surface area contributed by atoms with E-state index in [0.29, 0.717) is 22.8 Å². The highest BCUT2D eigenvalue weighted by Crippen LogP contribution is 2.36. The Bertz CT molecular complexity index is 1030. The number of nitrogens with zero attached hydrogens (tertiary/aromatic N) is 1. The number of rotatable bonds is 3. The van der Waals surface area contributed by atoms with Gasteiger partial charge in [0.25, 0.3) is 0 Å². The Labute approximate surface area is 145 Å². The van der Waals surface area contributed by atoms with Gasteiger partial charge in [-0.05, 0) is 36.4 Å². The van der Waals surface area contributed by atoms with Crippen molar-refractivity contribution >= 4 is 22.8 Å². The number of benzene rings is 2. The van der Waals surface area contributed by atoms with Gasteiger partial charge >= 0.3 is 0 Å². The zero-order chi connectivity index (χ0) is 17.6. The molecule has 3 aromatic rings. The van der Waals surface area contributed by atoms with Gasteiger partial charge in [0.15, 0.2) is 5.76 Å². The fourth-order valence-corrected chi connectivity index (χ4v) is 3.08. The number of methoxy groups -OCH3 is 2. The third-order valence-electron chi connectivity index (χ3n) is 4.39. The summed E-state index contributed by atoms with van der Waals surface area (Å²) in [6, 6.07) is 11.1. The number of aromatic nitrogens is 1. The van der Waals surface area contributed by atoms with Crippen molar-refractivity contribution in [3.8, 4) is 17.2 Å². The van der Waals surface area contributed by atoms with Gasteiger partial charge < -0.3 is 18.8 Å². The predicted octanol–water partition coefficient (Wildman–Crippen LogP) is 3.81. The highest BCUT2D eigenvalue weighted by Gasteiger charge is 2.28. The summed E-state index contributed by atoms with van der Waals surface area (Å²) in [5.74, 6) is 2.12. The van der Waals surface area contributed by atoms with E-state index >= 15 is 0 Å². The monoisotopic (exact) mass is 335 g/mol. The van der Waals surface area contributed by atoms with E-state index in [1.807, 2.05) is 36.0 Å². The lowest BCUT2D eigenvalue weighted by Gasteiger charge is -2.02. The largest absolute Gasteiger partial charge is 0.497 e. The maximum Gasteiger partial charge on any atom is 0.231 e. The van der Waals surface area contributed by atoms with E-state index in [0.717, 1.165) is 22.2 Å². The van der Waals surface area contributed by atoms with E-state index in [2.05, 4.69) is 0 Å². The zero-order valence-corrected chi connectivity index (χ0v) is 14.2. The van der Waals surface area contributed by atoms with Gasteiger partial charge in [-0.2, -0.15) is 0 Å². The fraction of sp³-hybridized carbons (Fsp3) is 0.150. The Morgan fingerprint density at radius 1 is 1.04 bits per heavy atom. The third-order valence-corrected chi connectivity index (χ3v) is 4.39. The second-order valence-electron chi connectivity index (χ2n) is 5.88. The van der Waals surface area contributed by atoms with E-state index in [9.17, 15) is 4.79 Å². The highest BCUT2D eigenvalue weighted by atomic mass is 16.5. The molecular formula is C20H17NO4.